The monoisotopic (exact) mass is 457 g/mol. The minimum atomic E-state index is -0.601. The van der Waals surface area contributed by atoms with Gasteiger partial charge in [0, 0.05) is 35.6 Å². The fourth-order valence-electron chi connectivity index (χ4n) is 4.45. The first kappa shape index (κ1) is 22.1. The third-order valence-corrected chi connectivity index (χ3v) is 6.36. The van der Waals surface area contributed by atoms with Gasteiger partial charge in [0.1, 0.15) is 0 Å². The second-order valence-corrected chi connectivity index (χ2v) is 8.84. The topological polar surface area (TPSA) is 95.6 Å². The van der Waals surface area contributed by atoms with Gasteiger partial charge in [-0.1, -0.05) is 24.3 Å². The van der Waals surface area contributed by atoms with Crippen molar-refractivity contribution in [1.82, 2.24) is 19.1 Å². The Morgan fingerprint density at radius 3 is 2.46 bits per heavy atom. The summed E-state index contributed by atoms with van der Waals surface area (Å²) in [7, 11) is 0. The number of aromatic nitrogens is 4. The molecule has 35 heavy (non-hydrogen) atoms. The molecule has 5 rings (SSSR count). The van der Waals surface area contributed by atoms with Gasteiger partial charge in [-0.2, -0.15) is 10.5 Å². The lowest BCUT2D eigenvalue weighted by Crippen LogP contribution is -2.24. The van der Waals surface area contributed by atoms with Crippen molar-refractivity contribution >= 4 is 21.9 Å². The maximum Gasteiger partial charge on any atom is 0.226 e. The van der Waals surface area contributed by atoms with Crippen LogP contribution >= 0.6 is 0 Å². The Hall–Kier alpha value is -4.75. The quantitative estimate of drug-likeness (QED) is 0.345. The van der Waals surface area contributed by atoms with Gasteiger partial charge in [-0.05, 0) is 62.2 Å². The molecule has 7 heteroatoms. The van der Waals surface area contributed by atoms with Crippen LogP contribution in [0.3, 0.4) is 0 Å². The molecule has 3 heterocycles. The van der Waals surface area contributed by atoms with E-state index in [1.165, 1.54) is 0 Å². The van der Waals surface area contributed by atoms with Crippen LogP contribution in [0.25, 0.3) is 38.8 Å². The van der Waals surface area contributed by atoms with Crippen molar-refractivity contribution in [2.75, 3.05) is 0 Å². The highest BCUT2D eigenvalue weighted by Crippen LogP contribution is 2.30. The lowest BCUT2D eigenvalue weighted by atomic mass is 9.86. The van der Waals surface area contributed by atoms with E-state index in [1.807, 2.05) is 97.0 Å². The molecule has 0 fully saturated rings. The Morgan fingerprint density at radius 1 is 1.00 bits per heavy atom. The first-order chi connectivity index (χ1) is 17.0. The summed E-state index contributed by atoms with van der Waals surface area (Å²) in [4.78, 5) is 13.2. The molecule has 0 amide bonds. The summed E-state index contributed by atoms with van der Waals surface area (Å²) < 4.78 is 4.00. The van der Waals surface area contributed by atoms with Gasteiger partial charge in [0.05, 0.1) is 34.2 Å². The van der Waals surface area contributed by atoms with E-state index in [-0.39, 0.29) is 0 Å². The van der Waals surface area contributed by atoms with Gasteiger partial charge in [0.25, 0.3) is 0 Å². The number of rotatable bonds is 4. The molecule has 3 aromatic heterocycles. The Balaban J connectivity index is 1.88. The lowest BCUT2D eigenvalue weighted by molar-refractivity contribution is 0.685. The molecule has 2 aromatic carbocycles. The Morgan fingerprint density at radius 2 is 1.80 bits per heavy atom. The lowest BCUT2D eigenvalue weighted by Gasteiger charge is -2.16. The molecular formula is C28H23N7. The third-order valence-electron chi connectivity index (χ3n) is 6.36. The zero-order valence-electron chi connectivity index (χ0n) is 19.8. The van der Waals surface area contributed by atoms with E-state index in [9.17, 15) is 10.5 Å². The maximum absolute atomic E-state index is 9.54. The summed E-state index contributed by atoms with van der Waals surface area (Å²) in [5.41, 5.74) is 6.40. The zero-order chi connectivity index (χ0) is 24.6. The fraction of sp³-hybridized carbons (Fsp3) is 0.179. The molecule has 0 spiro atoms. The highest BCUT2D eigenvalue weighted by molar-refractivity contribution is 6.04. The normalized spacial score (nSPS) is 12.1. The van der Waals surface area contributed by atoms with Gasteiger partial charge in [0.2, 0.25) is 11.8 Å². The van der Waals surface area contributed by atoms with Gasteiger partial charge in [-0.15, -0.1) is 4.99 Å². The van der Waals surface area contributed by atoms with Crippen LogP contribution in [0.15, 0.2) is 78.2 Å². The highest BCUT2D eigenvalue weighted by Gasteiger charge is 2.21. The van der Waals surface area contributed by atoms with E-state index in [1.54, 1.807) is 6.20 Å². The van der Waals surface area contributed by atoms with Crippen LogP contribution in [-0.4, -0.2) is 19.1 Å². The van der Waals surface area contributed by atoms with Crippen molar-refractivity contribution in [2.45, 2.75) is 32.7 Å². The van der Waals surface area contributed by atoms with Crippen LogP contribution in [-0.2, 0) is 12.0 Å². The molecule has 0 saturated carbocycles. The van der Waals surface area contributed by atoms with Crippen LogP contribution in [0.5, 0.6) is 0 Å². The summed E-state index contributed by atoms with van der Waals surface area (Å²) >= 11 is 0. The summed E-state index contributed by atoms with van der Waals surface area (Å²) in [6.45, 7) is 6.44. The van der Waals surface area contributed by atoms with Crippen molar-refractivity contribution in [1.29, 1.82) is 10.5 Å². The zero-order valence-corrected chi connectivity index (χ0v) is 19.8. The molecule has 0 bridgehead atoms. The number of nitriles is 2. The van der Waals surface area contributed by atoms with Gasteiger partial charge >= 0.3 is 0 Å². The first-order valence-corrected chi connectivity index (χ1v) is 11.4. The number of nitrogens with zero attached hydrogens (tertiary/aromatic N) is 7. The molecule has 0 radical (unpaired) electrons. The Labute approximate surface area is 202 Å². The number of fused-ring (bicyclic) bond motifs is 3. The number of pyridine rings is 2. The van der Waals surface area contributed by atoms with Crippen molar-refractivity contribution < 1.29 is 0 Å². The van der Waals surface area contributed by atoms with E-state index in [4.69, 9.17) is 4.98 Å². The summed E-state index contributed by atoms with van der Waals surface area (Å²) in [5.74, 6) is 0. The predicted molar refractivity (Wildman–Crippen MR) is 135 cm³/mol. The van der Waals surface area contributed by atoms with Gasteiger partial charge in [0.15, 0.2) is 0 Å². The number of aryl methyl sites for hydroxylation is 1. The van der Waals surface area contributed by atoms with Crippen LogP contribution in [0, 0.1) is 22.8 Å². The summed E-state index contributed by atoms with van der Waals surface area (Å²) in [5, 5.41) is 20.0. The molecule has 0 N–H and O–H groups in total. The largest absolute Gasteiger partial charge is 0.308 e. The molecule has 7 nitrogen and oxygen atoms in total. The van der Waals surface area contributed by atoms with Crippen molar-refractivity contribution in [2.24, 2.45) is 4.99 Å². The molecule has 5 aromatic rings. The van der Waals surface area contributed by atoms with Crippen molar-refractivity contribution in [3.63, 3.8) is 0 Å². The number of hydrogen-bond donors (Lipinski definition) is 0. The van der Waals surface area contributed by atoms with E-state index in [0.29, 0.717) is 12.2 Å². The molecule has 0 aliphatic rings. The molecule has 170 valence electrons. The smallest absolute Gasteiger partial charge is 0.226 e. The van der Waals surface area contributed by atoms with E-state index in [2.05, 4.69) is 22.1 Å². The van der Waals surface area contributed by atoms with E-state index >= 15 is 0 Å². The maximum atomic E-state index is 9.54. The van der Waals surface area contributed by atoms with Crippen LogP contribution < -0.4 is 5.62 Å². The predicted octanol–water partition coefficient (Wildman–Crippen LogP) is 5.25. The SMILES string of the molecule is CCn1/c(=N/C#N)n(-c2ccc(C(C)(C)C#N)cc2)c2c3cc(-c4cccnc4)ccc3ncc21. The second-order valence-electron chi connectivity index (χ2n) is 8.84. The van der Waals surface area contributed by atoms with E-state index in [0.717, 1.165) is 44.3 Å². The van der Waals surface area contributed by atoms with Crippen molar-refractivity contribution in [3.8, 4) is 29.1 Å². The molecule has 0 unspecified atom stereocenters. The molecule has 0 aliphatic carbocycles. The van der Waals surface area contributed by atoms with Crippen LogP contribution in [0.4, 0.5) is 0 Å². The number of hydrogen-bond acceptors (Lipinski definition) is 5. The summed E-state index contributed by atoms with van der Waals surface area (Å²) in [6, 6.07) is 20.3. The fourth-order valence-corrected chi connectivity index (χ4v) is 4.45. The minimum absolute atomic E-state index is 0.526. The standard InChI is InChI=1S/C28H23N7/c1-4-34-25-16-32-24-12-7-19(20-6-5-13-31-15-20)14-23(24)26(25)35(27(34)33-18-30)22-10-8-21(9-11-22)28(2,3)17-29/h5-16H,4H2,1-3H3/b33-27-. The van der Waals surface area contributed by atoms with E-state index < -0.39 is 5.41 Å². The van der Waals surface area contributed by atoms with Gasteiger partial charge in [-0.25, -0.2) is 0 Å². The van der Waals surface area contributed by atoms with Crippen molar-refractivity contribution in [3.05, 3.63) is 84.4 Å². The molecule has 0 aliphatic heterocycles. The second kappa shape index (κ2) is 8.55. The van der Waals surface area contributed by atoms with Crippen LogP contribution in [0.2, 0.25) is 0 Å². The first-order valence-electron chi connectivity index (χ1n) is 11.4. The van der Waals surface area contributed by atoms with Gasteiger partial charge < -0.3 is 4.57 Å². The molecule has 0 atom stereocenters. The van der Waals surface area contributed by atoms with Gasteiger partial charge in [-0.3, -0.25) is 14.5 Å². The molecule has 0 saturated heterocycles. The number of benzene rings is 2. The average Bonchev–Trinajstić information content (AvgIpc) is 3.22. The minimum Gasteiger partial charge on any atom is -0.308 e. The average molecular weight is 458 g/mol. The van der Waals surface area contributed by atoms with Crippen LogP contribution in [0.1, 0.15) is 26.3 Å². The third kappa shape index (κ3) is 3.64. The number of imidazole rings is 1. The highest BCUT2D eigenvalue weighted by atomic mass is 15.2. The molecular weight excluding hydrogens is 434 g/mol. The Kier molecular flexibility index (Phi) is 5.39. The Bertz CT molecular complexity index is 1710. The summed E-state index contributed by atoms with van der Waals surface area (Å²) in [6.07, 6.45) is 7.41.